The Hall–Kier alpha value is -2.15. The predicted octanol–water partition coefficient (Wildman–Crippen LogP) is 2.39. The number of nitrogens with zero attached hydrogens (tertiary/aromatic N) is 2. The molecule has 1 amide bonds. The van der Waals surface area contributed by atoms with E-state index in [1.807, 2.05) is 41.8 Å². The summed E-state index contributed by atoms with van der Waals surface area (Å²) in [5.41, 5.74) is 0.943. The quantitative estimate of drug-likeness (QED) is 0.830. The molecule has 0 bridgehead atoms. The van der Waals surface area contributed by atoms with E-state index >= 15 is 0 Å². The van der Waals surface area contributed by atoms with Crippen molar-refractivity contribution >= 4 is 18.3 Å². The van der Waals surface area contributed by atoms with Gasteiger partial charge in [-0.1, -0.05) is 30.3 Å². The van der Waals surface area contributed by atoms with Crippen LogP contribution in [-0.4, -0.2) is 20.9 Å². The fourth-order valence-corrected chi connectivity index (χ4v) is 2.02. The molecular weight excluding hydrogens is 276 g/mol. The standard InChI is InChI=1S/C13H16N4O2S/c1-2-17-11(15-16-12(17)20)8-14-13(18)19-9-10-6-4-3-5-7-10/h3-7H,2,8-9H2,1H3,(H,14,18)(H,16,20). The van der Waals surface area contributed by atoms with Crippen LogP contribution in [0, 0.1) is 4.77 Å². The van der Waals surface area contributed by atoms with Gasteiger partial charge in [-0.2, -0.15) is 5.10 Å². The summed E-state index contributed by atoms with van der Waals surface area (Å²) in [7, 11) is 0. The second-order valence-electron chi connectivity index (χ2n) is 4.10. The number of carbonyl (C=O) groups excluding carboxylic acids is 1. The summed E-state index contributed by atoms with van der Waals surface area (Å²) in [6.45, 7) is 3.18. The van der Waals surface area contributed by atoms with Crippen LogP contribution in [0.4, 0.5) is 4.79 Å². The third-order valence-corrected chi connectivity index (χ3v) is 3.07. The molecule has 0 saturated heterocycles. The Morgan fingerprint density at radius 1 is 1.45 bits per heavy atom. The Labute approximate surface area is 121 Å². The first-order valence-corrected chi connectivity index (χ1v) is 6.70. The van der Waals surface area contributed by atoms with E-state index in [4.69, 9.17) is 17.0 Å². The van der Waals surface area contributed by atoms with Crippen LogP contribution in [0.25, 0.3) is 0 Å². The van der Waals surface area contributed by atoms with Crippen LogP contribution in [0.5, 0.6) is 0 Å². The Kier molecular flexibility index (Phi) is 4.89. The highest BCUT2D eigenvalue weighted by atomic mass is 32.1. The monoisotopic (exact) mass is 292 g/mol. The van der Waals surface area contributed by atoms with Gasteiger partial charge in [0, 0.05) is 6.54 Å². The van der Waals surface area contributed by atoms with E-state index in [0.717, 1.165) is 5.56 Å². The molecule has 106 valence electrons. The SMILES string of the molecule is CCn1c(CNC(=O)OCc2ccccc2)n[nH]c1=S. The van der Waals surface area contributed by atoms with Crippen molar-refractivity contribution in [3.63, 3.8) is 0 Å². The molecule has 7 heteroatoms. The lowest BCUT2D eigenvalue weighted by molar-refractivity contribution is 0.138. The molecule has 0 radical (unpaired) electrons. The molecule has 0 aliphatic heterocycles. The van der Waals surface area contributed by atoms with Gasteiger partial charge in [-0.25, -0.2) is 4.79 Å². The zero-order valence-electron chi connectivity index (χ0n) is 11.1. The largest absolute Gasteiger partial charge is 0.445 e. The van der Waals surface area contributed by atoms with E-state index < -0.39 is 6.09 Å². The van der Waals surface area contributed by atoms with Crippen LogP contribution in [0.3, 0.4) is 0 Å². The van der Waals surface area contributed by atoms with Gasteiger partial charge < -0.3 is 14.6 Å². The first-order valence-electron chi connectivity index (χ1n) is 6.29. The number of alkyl carbamates (subject to hydrolysis) is 1. The summed E-state index contributed by atoms with van der Waals surface area (Å²) in [4.78, 5) is 11.6. The van der Waals surface area contributed by atoms with E-state index in [2.05, 4.69) is 15.5 Å². The number of aromatic nitrogens is 3. The second-order valence-corrected chi connectivity index (χ2v) is 4.49. The molecule has 2 N–H and O–H groups in total. The summed E-state index contributed by atoms with van der Waals surface area (Å²) in [5, 5.41) is 9.39. The van der Waals surface area contributed by atoms with Crippen molar-refractivity contribution in [2.75, 3.05) is 0 Å². The van der Waals surface area contributed by atoms with Crippen molar-refractivity contribution in [3.8, 4) is 0 Å². The maximum Gasteiger partial charge on any atom is 0.407 e. The summed E-state index contributed by atoms with van der Waals surface area (Å²) < 4.78 is 7.46. The smallest absolute Gasteiger partial charge is 0.407 e. The Bertz CT molecular complexity index is 621. The lowest BCUT2D eigenvalue weighted by Gasteiger charge is -2.07. The number of ether oxygens (including phenoxy) is 1. The van der Waals surface area contributed by atoms with Crippen molar-refractivity contribution in [3.05, 3.63) is 46.5 Å². The highest BCUT2D eigenvalue weighted by Gasteiger charge is 2.07. The molecule has 0 spiro atoms. The van der Waals surface area contributed by atoms with Gasteiger partial charge in [0.2, 0.25) is 0 Å². The first-order chi connectivity index (χ1) is 9.70. The normalized spacial score (nSPS) is 10.2. The van der Waals surface area contributed by atoms with Gasteiger partial charge in [0.15, 0.2) is 10.6 Å². The number of hydrogen-bond donors (Lipinski definition) is 2. The number of carbonyl (C=O) groups is 1. The van der Waals surface area contributed by atoms with Crippen LogP contribution >= 0.6 is 12.2 Å². The van der Waals surface area contributed by atoms with Gasteiger partial charge in [-0.05, 0) is 24.7 Å². The van der Waals surface area contributed by atoms with Crippen molar-refractivity contribution < 1.29 is 9.53 Å². The van der Waals surface area contributed by atoms with Crippen molar-refractivity contribution in [1.82, 2.24) is 20.1 Å². The number of hydrogen-bond acceptors (Lipinski definition) is 4. The Morgan fingerprint density at radius 3 is 2.90 bits per heavy atom. The van der Waals surface area contributed by atoms with Gasteiger partial charge >= 0.3 is 6.09 Å². The minimum atomic E-state index is -0.481. The molecule has 1 aromatic heterocycles. The fourth-order valence-electron chi connectivity index (χ4n) is 1.74. The molecule has 20 heavy (non-hydrogen) atoms. The van der Waals surface area contributed by atoms with Gasteiger partial charge in [-0.3, -0.25) is 5.10 Å². The molecule has 1 aromatic carbocycles. The topological polar surface area (TPSA) is 71.9 Å². The second kappa shape index (κ2) is 6.85. The fraction of sp³-hybridized carbons (Fsp3) is 0.308. The molecule has 1 heterocycles. The van der Waals surface area contributed by atoms with Gasteiger partial charge in [0.1, 0.15) is 6.61 Å². The maximum atomic E-state index is 11.6. The molecule has 6 nitrogen and oxygen atoms in total. The number of benzene rings is 1. The summed E-state index contributed by atoms with van der Waals surface area (Å²) >= 11 is 5.07. The highest BCUT2D eigenvalue weighted by Crippen LogP contribution is 2.01. The van der Waals surface area contributed by atoms with Crippen LogP contribution < -0.4 is 5.32 Å². The first kappa shape index (κ1) is 14.3. The maximum absolute atomic E-state index is 11.6. The van der Waals surface area contributed by atoms with E-state index in [9.17, 15) is 4.79 Å². The summed E-state index contributed by atoms with van der Waals surface area (Å²) in [6.07, 6.45) is -0.481. The zero-order valence-corrected chi connectivity index (χ0v) is 11.9. The number of aromatic amines is 1. The third-order valence-electron chi connectivity index (χ3n) is 2.76. The van der Waals surface area contributed by atoms with Crippen molar-refractivity contribution in [2.45, 2.75) is 26.6 Å². The molecule has 0 aliphatic carbocycles. The highest BCUT2D eigenvalue weighted by molar-refractivity contribution is 7.71. The van der Waals surface area contributed by atoms with Crippen molar-refractivity contribution in [1.29, 1.82) is 0 Å². The van der Waals surface area contributed by atoms with E-state index in [0.29, 0.717) is 17.1 Å². The number of nitrogens with one attached hydrogen (secondary N) is 2. The summed E-state index contributed by atoms with van der Waals surface area (Å²) in [6, 6.07) is 9.51. The third kappa shape index (κ3) is 3.67. The van der Waals surface area contributed by atoms with E-state index in [1.54, 1.807) is 0 Å². The molecule has 0 saturated carbocycles. The zero-order chi connectivity index (χ0) is 14.4. The number of H-pyrrole nitrogens is 1. The average molecular weight is 292 g/mol. The lowest BCUT2D eigenvalue weighted by Crippen LogP contribution is -2.25. The molecule has 2 rings (SSSR count). The van der Waals surface area contributed by atoms with Gasteiger partial charge in [0.25, 0.3) is 0 Å². The average Bonchev–Trinajstić information content (AvgIpc) is 2.84. The van der Waals surface area contributed by atoms with Crippen LogP contribution in [0.2, 0.25) is 0 Å². The Balaban J connectivity index is 1.82. The van der Waals surface area contributed by atoms with Gasteiger partial charge in [0.05, 0.1) is 6.54 Å². The van der Waals surface area contributed by atoms with Crippen LogP contribution in [0.15, 0.2) is 30.3 Å². The molecule has 0 aliphatic rings. The number of amides is 1. The number of rotatable bonds is 5. The Morgan fingerprint density at radius 2 is 2.20 bits per heavy atom. The molecule has 0 atom stereocenters. The van der Waals surface area contributed by atoms with Crippen LogP contribution in [0.1, 0.15) is 18.3 Å². The molecule has 0 fully saturated rings. The minimum Gasteiger partial charge on any atom is -0.445 e. The van der Waals surface area contributed by atoms with Crippen LogP contribution in [-0.2, 0) is 24.4 Å². The molecular formula is C13H16N4O2S. The minimum absolute atomic E-state index is 0.243. The predicted molar refractivity (Wildman–Crippen MR) is 76.6 cm³/mol. The molecule has 2 aromatic rings. The van der Waals surface area contributed by atoms with E-state index in [1.165, 1.54) is 0 Å². The van der Waals surface area contributed by atoms with Gasteiger partial charge in [-0.15, -0.1) is 0 Å². The van der Waals surface area contributed by atoms with E-state index in [-0.39, 0.29) is 13.2 Å². The summed E-state index contributed by atoms with van der Waals surface area (Å²) in [5.74, 6) is 0.675. The molecule has 0 unspecified atom stereocenters. The van der Waals surface area contributed by atoms with Crippen molar-refractivity contribution in [2.24, 2.45) is 0 Å². The lowest BCUT2D eigenvalue weighted by atomic mass is 10.2.